The van der Waals surface area contributed by atoms with Gasteiger partial charge in [-0.15, -0.1) is 11.3 Å². The molecule has 6 heteroatoms. The molecule has 2 aromatic rings. The third kappa shape index (κ3) is 4.88. The normalized spacial score (nSPS) is 12.0. The predicted molar refractivity (Wildman–Crippen MR) is 96.3 cm³/mol. The first-order valence-corrected chi connectivity index (χ1v) is 10.2. The topological polar surface area (TPSA) is 49.4 Å². The molecule has 0 aliphatic rings. The number of rotatable bonds is 9. The van der Waals surface area contributed by atoms with Crippen LogP contribution in [0.15, 0.2) is 46.7 Å². The van der Waals surface area contributed by atoms with E-state index < -0.39 is 10.0 Å². The lowest BCUT2D eigenvalue weighted by Crippen LogP contribution is -2.29. The molecule has 0 unspecified atom stereocenters. The summed E-state index contributed by atoms with van der Waals surface area (Å²) in [5, 5.41) is 3.39. The van der Waals surface area contributed by atoms with Crippen molar-refractivity contribution >= 4 is 21.4 Å². The van der Waals surface area contributed by atoms with Crippen LogP contribution in [-0.2, 0) is 23.0 Å². The molecule has 0 aliphatic heterocycles. The van der Waals surface area contributed by atoms with Crippen LogP contribution in [0.5, 0.6) is 0 Å². The minimum atomic E-state index is -3.32. The Morgan fingerprint density at radius 3 is 2.39 bits per heavy atom. The predicted octanol–water partition coefficient (Wildman–Crippen LogP) is 3.11. The summed E-state index contributed by atoms with van der Waals surface area (Å²) in [6, 6.07) is 13.9. The number of nitrogens with one attached hydrogen (secondary N) is 1. The van der Waals surface area contributed by atoms with Crippen LogP contribution in [0.25, 0.3) is 0 Å². The van der Waals surface area contributed by atoms with Crippen LogP contribution in [-0.4, -0.2) is 32.4 Å². The third-order valence-corrected chi connectivity index (χ3v) is 7.32. The van der Waals surface area contributed by atoms with Crippen molar-refractivity contribution < 1.29 is 8.42 Å². The van der Waals surface area contributed by atoms with Crippen molar-refractivity contribution in [2.24, 2.45) is 0 Å². The second-order valence-corrected chi connectivity index (χ2v) is 8.56. The van der Waals surface area contributed by atoms with Gasteiger partial charge in [0, 0.05) is 31.1 Å². The van der Waals surface area contributed by atoms with E-state index in [-0.39, 0.29) is 0 Å². The Morgan fingerprint density at radius 2 is 1.74 bits per heavy atom. The Bertz CT molecular complexity index is 692. The standard InChI is InChI=1S/C17H24N2O2S2/c1-3-19(4-2)23(20,21)17-11-10-16(22-17)12-13-18-14-15-8-6-5-7-9-15/h5-11,18H,3-4,12-14H2,1-2H3. The van der Waals surface area contributed by atoms with Gasteiger partial charge in [0.2, 0.25) is 0 Å². The van der Waals surface area contributed by atoms with E-state index in [1.54, 1.807) is 6.07 Å². The lowest BCUT2D eigenvalue weighted by atomic mass is 10.2. The molecule has 0 atom stereocenters. The fourth-order valence-electron chi connectivity index (χ4n) is 2.36. The van der Waals surface area contributed by atoms with Crippen molar-refractivity contribution in [1.29, 1.82) is 0 Å². The largest absolute Gasteiger partial charge is 0.312 e. The van der Waals surface area contributed by atoms with E-state index >= 15 is 0 Å². The molecule has 0 saturated carbocycles. The average molecular weight is 353 g/mol. The number of sulfonamides is 1. The SMILES string of the molecule is CCN(CC)S(=O)(=O)c1ccc(CCNCc2ccccc2)s1. The summed E-state index contributed by atoms with van der Waals surface area (Å²) in [6.07, 6.45) is 0.839. The van der Waals surface area contributed by atoms with Gasteiger partial charge in [-0.1, -0.05) is 44.2 Å². The molecule has 0 aliphatic carbocycles. The monoisotopic (exact) mass is 352 g/mol. The highest BCUT2D eigenvalue weighted by atomic mass is 32.2. The maximum atomic E-state index is 12.4. The maximum Gasteiger partial charge on any atom is 0.252 e. The Labute approximate surface area is 143 Å². The van der Waals surface area contributed by atoms with Crippen LogP contribution in [0.1, 0.15) is 24.3 Å². The second-order valence-electron chi connectivity index (χ2n) is 5.22. The molecule has 23 heavy (non-hydrogen) atoms. The van der Waals surface area contributed by atoms with E-state index in [0.29, 0.717) is 17.3 Å². The van der Waals surface area contributed by atoms with Crippen molar-refractivity contribution in [2.75, 3.05) is 19.6 Å². The van der Waals surface area contributed by atoms with Gasteiger partial charge in [-0.05, 0) is 24.1 Å². The van der Waals surface area contributed by atoms with Gasteiger partial charge in [-0.2, -0.15) is 4.31 Å². The van der Waals surface area contributed by atoms with E-state index in [1.807, 2.05) is 38.1 Å². The molecular weight excluding hydrogens is 328 g/mol. The lowest BCUT2D eigenvalue weighted by molar-refractivity contribution is 0.447. The van der Waals surface area contributed by atoms with Gasteiger partial charge < -0.3 is 5.32 Å². The quantitative estimate of drug-likeness (QED) is 0.706. The number of hydrogen-bond donors (Lipinski definition) is 1. The molecule has 1 N–H and O–H groups in total. The van der Waals surface area contributed by atoms with E-state index in [0.717, 1.165) is 24.4 Å². The van der Waals surface area contributed by atoms with Crippen molar-refractivity contribution in [3.8, 4) is 0 Å². The molecule has 2 rings (SSSR count). The first kappa shape index (κ1) is 18.1. The third-order valence-electron chi connectivity index (χ3n) is 3.66. The Morgan fingerprint density at radius 1 is 1.04 bits per heavy atom. The highest BCUT2D eigenvalue weighted by molar-refractivity contribution is 7.91. The molecule has 0 saturated heterocycles. The molecule has 0 spiro atoms. The van der Waals surface area contributed by atoms with Crippen molar-refractivity contribution in [1.82, 2.24) is 9.62 Å². The zero-order valence-electron chi connectivity index (χ0n) is 13.7. The molecule has 1 aromatic heterocycles. The minimum Gasteiger partial charge on any atom is -0.312 e. The zero-order valence-corrected chi connectivity index (χ0v) is 15.3. The highest BCUT2D eigenvalue weighted by Crippen LogP contribution is 2.25. The number of hydrogen-bond acceptors (Lipinski definition) is 4. The van der Waals surface area contributed by atoms with Crippen LogP contribution in [0.4, 0.5) is 0 Å². The van der Waals surface area contributed by atoms with E-state index in [2.05, 4.69) is 17.4 Å². The molecule has 1 aromatic carbocycles. The Balaban J connectivity index is 1.87. The first-order valence-electron chi connectivity index (χ1n) is 7.91. The van der Waals surface area contributed by atoms with Gasteiger partial charge in [-0.3, -0.25) is 0 Å². The van der Waals surface area contributed by atoms with Gasteiger partial charge in [-0.25, -0.2) is 8.42 Å². The smallest absolute Gasteiger partial charge is 0.252 e. The van der Waals surface area contributed by atoms with Crippen LogP contribution < -0.4 is 5.32 Å². The number of benzene rings is 1. The van der Waals surface area contributed by atoms with Crippen molar-refractivity contribution in [3.63, 3.8) is 0 Å². The van der Waals surface area contributed by atoms with Crippen LogP contribution in [0, 0.1) is 0 Å². The van der Waals surface area contributed by atoms with Gasteiger partial charge >= 0.3 is 0 Å². The van der Waals surface area contributed by atoms with Gasteiger partial charge in [0.05, 0.1) is 0 Å². The van der Waals surface area contributed by atoms with Crippen LogP contribution in [0.3, 0.4) is 0 Å². The average Bonchev–Trinajstić information content (AvgIpc) is 3.03. The molecule has 0 amide bonds. The lowest BCUT2D eigenvalue weighted by Gasteiger charge is -2.16. The molecule has 0 bridgehead atoms. The second kappa shape index (κ2) is 8.59. The molecule has 4 nitrogen and oxygen atoms in total. The summed E-state index contributed by atoms with van der Waals surface area (Å²) >= 11 is 1.38. The van der Waals surface area contributed by atoms with E-state index in [1.165, 1.54) is 21.2 Å². The molecular formula is C17H24N2O2S2. The molecule has 1 heterocycles. The summed E-state index contributed by atoms with van der Waals surface area (Å²) in [5.41, 5.74) is 1.25. The van der Waals surface area contributed by atoms with Gasteiger partial charge in [0.1, 0.15) is 4.21 Å². The zero-order chi connectivity index (χ0) is 16.7. The minimum absolute atomic E-state index is 0.444. The van der Waals surface area contributed by atoms with Crippen molar-refractivity contribution in [3.05, 3.63) is 52.9 Å². The first-order chi connectivity index (χ1) is 11.1. The van der Waals surface area contributed by atoms with Crippen molar-refractivity contribution in [2.45, 2.75) is 31.0 Å². The summed E-state index contributed by atoms with van der Waals surface area (Å²) in [7, 11) is -3.32. The van der Waals surface area contributed by atoms with E-state index in [4.69, 9.17) is 0 Å². The fourth-order valence-corrected chi connectivity index (χ4v) is 5.33. The summed E-state index contributed by atoms with van der Waals surface area (Å²) in [6.45, 7) is 6.40. The number of thiophene rings is 1. The summed E-state index contributed by atoms with van der Waals surface area (Å²) < 4.78 is 26.8. The van der Waals surface area contributed by atoms with Gasteiger partial charge in [0.25, 0.3) is 10.0 Å². The van der Waals surface area contributed by atoms with E-state index in [9.17, 15) is 8.42 Å². The Kier molecular flexibility index (Phi) is 6.77. The summed E-state index contributed by atoms with van der Waals surface area (Å²) in [5.74, 6) is 0. The van der Waals surface area contributed by atoms with Crippen LogP contribution >= 0.6 is 11.3 Å². The fraction of sp³-hybridized carbons (Fsp3) is 0.412. The molecule has 126 valence electrons. The Hall–Kier alpha value is -1.21. The highest BCUT2D eigenvalue weighted by Gasteiger charge is 2.23. The molecule has 0 radical (unpaired) electrons. The number of nitrogens with zero attached hydrogens (tertiary/aromatic N) is 1. The maximum absolute atomic E-state index is 12.4. The van der Waals surface area contributed by atoms with Crippen LogP contribution in [0.2, 0.25) is 0 Å². The molecule has 0 fully saturated rings. The van der Waals surface area contributed by atoms with Gasteiger partial charge in [0.15, 0.2) is 0 Å². The summed E-state index contributed by atoms with van der Waals surface area (Å²) in [4.78, 5) is 1.09.